The van der Waals surface area contributed by atoms with Gasteiger partial charge in [0.15, 0.2) is 5.65 Å². The van der Waals surface area contributed by atoms with Gasteiger partial charge in [-0.1, -0.05) is 12.1 Å². The van der Waals surface area contributed by atoms with Crippen LogP contribution in [0.1, 0.15) is 31.1 Å². The molecule has 10 heteroatoms. The van der Waals surface area contributed by atoms with Gasteiger partial charge in [-0.25, -0.2) is 14.8 Å². The molecule has 34 heavy (non-hydrogen) atoms. The molecule has 1 saturated heterocycles. The predicted octanol–water partition coefficient (Wildman–Crippen LogP) is 1.64. The van der Waals surface area contributed by atoms with Gasteiger partial charge in [-0.3, -0.25) is 9.47 Å². The Morgan fingerprint density at radius 2 is 1.88 bits per heavy atom. The lowest BCUT2D eigenvalue weighted by Crippen LogP contribution is -2.46. The minimum Gasteiger partial charge on any atom is -0.497 e. The van der Waals surface area contributed by atoms with Crippen LogP contribution in [0.5, 0.6) is 5.75 Å². The van der Waals surface area contributed by atoms with E-state index < -0.39 is 6.10 Å². The summed E-state index contributed by atoms with van der Waals surface area (Å²) in [5.41, 5.74) is 2.17. The third-order valence-electron chi connectivity index (χ3n) is 6.16. The first kappa shape index (κ1) is 22.5. The molecule has 1 aromatic carbocycles. The SMILES string of the molecule is COc1ccc(Cn2c(=O)n3ncnc3c3cc(C(O)CN4C[C@@H](C)O[C@@H](C)C4)cnc32)cc1. The van der Waals surface area contributed by atoms with Gasteiger partial charge < -0.3 is 14.6 Å². The molecule has 178 valence electrons. The van der Waals surface area contributed by atoms with E-state index in [0.29, 0.717) is 35.3 Å². The number of aliphatic hydroxyl groups excluding tert-OH is 1. The summed E-state index contributed by atoms with van der Waals surface area (Å²) in [6.07, 6.45) is 2.49. The number of methoxy groups -OCH3 is 1. The van der Waals surface area contributed by atoms with Gasteiger partial charge in [0.05, 0.1) is 37.4 Å². The summed E-state index contributed by atoms with van der Waals surface area (Å²) in [5.74, 6) is 0.744. The molecule has 0 aliphatic carbocycles. The van der Waals surface area contributed by atoms with Crippen molar-refractivity contribution in [2.24, 2.45) is 0 Å². The van der Waals surface area contributed by atoms with Gasteiger partial charge in [-0.05, 0) is 37.6 Å². The zero-order valence-corrected chi connectivity index (χ0v) is 19.5. The lowest BCUT2D eigenvalue weighted by atomic mass is 10.1. The van der Waals surface area contributed by atoms with Crippen LogP contribution in [0.25, 0.3) is 16.7 Å². The lowest BCUT2D eigenvalue weighted by molar-refractivity contribution is -0.0767. The molecule has 10 nitrogen and oxygen atoms in total. The van der Waals surface area contributed by atoms with Gasteiger partial charge in [-0.15, -0.1) is 0 Å². The number of β-amino-alcohol motifs (C(OH)–C–C–N with tert-alkyl or cyclic N) is 1. The van der Waals surface area contributed by atoms with E-state index in [4.69, 9.17) is 9.47 Å². The maximum absolute atomic E-state index is 13.2. The summed E-state index contributed by atoms with van der Waals surface area (Å²) in [5, 5.41) is 15.8. The number of fused-ring (bicyclic) bond motifs is 3. The lowest BCUT2D eigenvalue weighted by Gasteiger charge is -2.36. The van der Waals surface area contributed by atoms with Crippen molar-refractivity contribution < 1.29 is 14.6 Å². The van der Waals surface area contributed by atoms with Crippen molar-refractivity contribution in [3.05, 3.63) is 64.5 Å². The molecule has 3 aromatic heterocycles. The summed E-state index contributed by atoms with van der Waals surface area (Å²) in [6, 6.07) is 9.38. The van der Waals surface area contributed by atoms with Crippen molar-refractivity contribution in [1.82, 2.24) is 29.0 Å². The van der Waals surface area contributed by atoms with Crippen LogP contribution in [0, 0.1) is 0 Å². The van der Waals surface area contributed by atoms with E-state index in [2.05, 4.69) is 20.0 Å². The number of hydrogen-bond acceptors (Lipinski definition) is 8. The van der Waals surface area contributed by atoms with Crippen LogP contribution in [0.4, 0.5) is 0 Å². The Morgan fingerprint density at radius 3 is 2.59 bits per heavy atom. The first-order valence-corrected chi connectivity index (χ1v) is 11.3. The number of nitrogens with zero attached hydrogens (tertiary/aromatic N) is 6. The van der Waals surface area contributed by atoms with Gasteiger partial charge in [0.1, 0.15) is 17.7 Å². The molecule has 1 unspecified atom stereocenters. The third-order valence-corrected chi connectivity index (χ3v) is 6.16. The van der Waals surface area contributed by atoms with Crippen molar-refractivity contribution in [3.63, 3.8) is 0 Å². The second-order valence-corrected chi connectivity index (χ2v) is 8.84. The number of morpholine rings is 1. The Morgan fingerprint density at radius 1 is 1.15 bits per heavy atom. The van der Waals surface area contributed by atoms with Crippen LogP contribution < -0.4 is 10.4 Å². The molecular formula is C24H28N6O4. The molecule has 5 rings (SSSR count). The molecule has 4 heterocycles. The molecule has 0 bridgehead atoms. The number of ether oxygens (including phenoxy) is 2. The second-order valence-electron chi connectivity index (χ2n) is 8.84. The van der Waals surface area contributed by atoms with Gasteiger partial charge >= 0.3 is 5.69 Å². The van der Waals surface area contributed by atoms with E-state index in [-0.39, 0.29) is 17.9 Å². The summed E-state index contributed by atoms with van der Waals surface area (Å²) < 4.78 is 13.9. The monoisotopic (exact) mass is 464 g/mol. The highest BCUT2D eigenvalue weighted by Gasteiger charge is 2.25. The van der Waals surface area contributed by atoms with Gasteiger partial charge in [-0.2, -0.15) is 9.61 Å². The number of rotatable bonds is 6. The molecule has 0 radical (unpaired) electrons. The minimum absolute atomic E-state index is 0.119. The number of aliphatic hydroxyl groups is 1. The van der Waals surface area contributed by atoms with Gasteiger partial charge in [0, 0.05) is 31.4 Å². The summed E-state index contributed by atoms with van der Waals surface area (Å²) in [6.45, 7) is 6.39. The molecule has 4 aromatic rings. The zero-order chi connectivity index (χ0) is 23.8. The van der Waals surface area contributed by atoms with E-state index in [1.165, 1.54) is 10.8 Å². The van der Waals surface area contributed by atoms with Crippen LogP contribution in [-0.4, -0.2) is 73.1 Å². The van der Waals surface area contributed by atoms with Crippen LogP contribution >= 0.6 is 0 Å². The van der Waals surface area contributed by atoms with E-state index in [1.54, 1.807) is 17.9 Å². The predicted molar refractivity (Wildman–Crippen MR) is 126 cm³/mol. The Balaban J connectivity index is 1.51. The van der Waals surface area contributed by atoms with Gasteiger partial charge in [0.2, 0.25) is 0 Å². The fraction of sp³-hybridized carbons (Fsp3) is 0.417. The Labute approximate surface area is 196 Å². The quantitative estimate of drug-likeness (QED) is 0.459. The van der Waals surface area contributed by atoms with Crippen molar-refractivity contribution >= 4 is 16.7 Å². The summed E-state index contributed by atoms with van der Waals surface area (Å²) in [7, 11) is 1.61. The van der Waals surface area contributed by atoms with Crippen LogP contribution in [0.2, 0.25) is 0 Å². The zero-order valence-electron chi connectivity index (χ0n) is 19.5. The topological polar surface area (TPSA) is 107 Å². The summed E-state index contributed by atoms with van der Waals surface area (Å²) in [4.78, 5) is 24.3. The molecule has 1 fully saturated rings. The fourth-order valence-electron chi connectivity index (χ4n) is 4.65. The highest BCUT2D eigenvalue weighted by atomic mass is 16.5. The normalized spacial score (nSPS) is 20.1. The largest absolute Gasteiger partial charge is 0.497 e. The maximum Gasteiger partial charge on any atom is 0.352 e. The second kappa shape index (κ2) is 9.13. The fourth-order valence-corrected chi connectivity index (χ4v) is 4.65. The number of benzene rings is 1. The molecule has 1 aliphatic rings. The number of hydrogen-bond donors (Lipinski definition) is 1. The van der Waals surface area contributed by atoms with Crippen LogP contribution in [-0.2, 0) is 11.3 Å². The van der Waals surface area contributed by atoms with Crippen molar-refractivity contribution in [1.29, 1.82) is 0 Å². The van der Waals surface area contributed by atoms with Crippen LogP contribution in [0.3, 0.4) is 0 Å². The number of pyridine rings is 1. The highest BCUT2D eigenvalue weighted by molar-refractivity contribution is 5.89. The standard InChI is InChI=1S/C24H28N6O4/c1-15-10-28(11-16(2)34-15)13-21(31)18-8-20-22(25-9-18)29(24(32)30-23(20)26-14-27-30)12-17-4-6-19(33-3)7-5-17/h4-9,14-16,21,31H,10-13H2,1-3H3/t15-,16+,21?. The smallest absolute Gasteiger partial charge is 0.352 e. The molecule has 0 saturated carbocycles. The highest BCUT2D eigenvalue weighted by Crippen LogP contribution is 2.23. The third kappa shape index (κ3) is 4.27. The Hall–Kier alpha value is -3.34. The van der Waals surface area contributed by atoms with Gasteiger partial charge in [0.25, 0.3) is 0 Å². The van der Waals surface area contributed by atoms with E-state index in [9.17, 15) is 9.90 Å². The number of aromatic nitrogens is 5. The average Bonchev–Trinajstić information content (AvgIpc) is 3.32. The molecular weight excluding hydrogens is 436 g/mol. The van der Waals surface area contributed by atoms with Crippen molar-refractivity contribution in [2.45, 2.75) is 38.7 Å². The molecule has 0 amide bonds. The first-order valence-electron chi connectivity index (χ1n) is 11.3. The first-order chi connectivity index (χ1) is 16.4. The molecule has 1 aliphatic heterocycles. The summed E-state index contributed by atoms with van der Waals surface area (Å²) >= 11 is 0. The minimum atomic E-state index is -0.737. The average molecular weight is 465 g/mol. The van der Waals surface area contributed by atoms with E-state index in [1.807, 2.05) is 44.2 Å². The van der Waals surface area contributed by atoms with E-state index >= 15 is 0 Å². The molecule has 0 spiro atoms. The van der Waals surface area contributed by atoms with Crippen molar-refractivity contribution in [2.75, 3.05) is 26.7 Å². The molecule has 1 N–H and O–H groups in total. The maximum atomic E-state index is 13.2. The van der Waals surface area contributed by atoms with Crippen LogP contribution in [0.15, 0.2) is 47.7 Å². The Kier molecular flexibility index (Phi) is 6.03. The Bertz CT molecular complexity index is 1360. The van der Waals surface area contributed by atoms with Crippen molar-refractivity contribution in [3.8, 4) is 5.75 Å². The molecule has 3 atom stereocenters. The van der Waals surface area contributed by atoms with E-state index in [0.717, 1.165) is 24.4 Å².